The monoisotopic (exact) mass is 443 g/mol. The summed E-state index contributed by atoms with van der Waals surface area (Å²) < 4.78 is 12.2. The summed E-state index contributed by atoms with van der Waals surface area (Å²) in [5.41, 5.74) is 0.462. The molecule has 6 heteroatoms. The molecule has 170 valence electrons. The van der Waals surface area contributed by atoms with Crippen LogP contribution >= 0.6 is 0 Å². The number of para-hydroxylation sites is 1. The van der Waals surface area contributed by atoms with E-state index in [0.29, 0.717) is 0 Å². The van der Waals surface area contributed by atoms with Crippen LogP contribution in [0.1, 0.15) is 33.6 Å². The van der Waals surface area contributed by atoms with Crippen LogP contribution in [0.4, 0.5) is 5.69 Å². The van der Waals surface area contributed by atoms with Gasteiger partial charge in [-0.25, -0.2) is 0 Å². The molecule has 2 fully saturated rings. The molecule has 0 aromatic heterocycles. The average molecular weight is 444 g/mol. The minimum absolute atomic E-state index is 0.00657. The number of hydrogen-bond acceptors (Lipinski definition) is 4. The first-order valence-electron chi connectivity index (χ1n) is 11.6. The number of carbonyl (C=O) groups is 1. The van der Waals surface area contributed by atoms with E-state index in [1.807, 2.05) is 62.2 Å². The number of nitrogens with zero attached hydrogens (tertiary/aromatic N) is 1. The summed E-state index contributed by atoms with van der Waals surface area (Å²) in [6.07, 6.45) is 5.94. The highest BCUT2D eigenvalue weighted by Crippen LogP contribution is 2.61. The molecule has 1 N–H and O–H groups in total. The Bertz CT molecular complexity index is 836. The molecular weight excluding hydrogens is 406 g/mol. The summed E-state index contributed by atoms with van der Waals surface area (Å²) in [7, 11) is -0.679. The normalized spacial score (nSPS) is 37.8. The van der Waals surface area contributed by atoms with Crippen LogP contribution in [0.3, 0.4) is 0 Å². The number of methoxy groups -OCH3 is 1. The number of carbonyl (C=O) groups excluding carboxylic acids is 1. The number of benzene rings is 1. The van der Waals surface area contributed by atoms with E-state index >= 15 is 0 Å². The van der Waals surface area contributed by atoms with Crippen molar-refractivity contribution in [2.75, 3.05) is 12.0 Å². The summed E-state index contributed by atoms with van der Waals surface area (Å²) in [6.45, 7) is 10.2. The molecule has 1 aromatic carbocycles. The van der Waals surface area contributed by atoms with Gasteiger partial charge in [0.1, 0.15) is 6.23 Å². The highest BCUT2D eigenvalue weighted by molar-refractivity contribution is 6.71. The molecule has 0 bridgehead atoms. The molecule has 1 heterocycles. The zero-order valence-electron chi connectivity index (χ0n) is 19.6. The van der Waals surface area contributed by atoms with Gasteiger partial charge in [-0.2, -0.15) is 0 Å². The zero-order valence-corrected chi connectivity index (χ0v) is 20.6. The predicted octanol–water partition coefficient (Wildman–Crippen LogP) is 4.59. The summed E-state index contributed by atoms with van der Waals surface area (Å²) in [4.78, 5) is 27.2. The molecular formula is C25H37NO4Si. The van der Waals surface area contributed by atoms with Gasteiger partial charge in [-0.05, 0) is 76.2 Å². The van der Waals surface area contributed by atoms with Crippen LogP contribution in [0.2, 0.25) is 18.6 Å². The summed E-state index contributed by atoms with van der Waals surface area (Å²) in [6, 6.07) is 9.88. The quantitative estimate of drug-likeness (QED) is 0.534. The van der Waals surface area contributed by atoms with Crippen molar-refractivity contribution < 1.29 is 19.1 Å². The first-order chi connectivity index (χ1) is 14.6. The van der Waals surface area contributed by atoms with Gasteiger partial charge in [-0.3, -0.25) is 9.69 Å². The number of rotatable bonds is 5. The first kappa shape index (κ1) is 22.7. The highest BCUT2D eigenvalue weighted by atomic mass is 28.4. The van der Waals surface area contributed by atoms with Crippen LogP contribution in [0, 0.1) is 23.2 Å². The van der Waals surface area contributed by atoms with Gasteiger partial charge in [-0.15, -0.1) is 0 Å². The molecule has 0 spiro atoms. The molecule has 2 aliphatic carbocycles. The number of hydrogen-bond donors (Lipinski definition) is 1. The maximum absolute atomic E-state index is 14.2. The van der Waals surface area contributed by atoms with Crippen LogP contribution in [0.5, 0.6) is 0 Å². The van der Waals surface area contributed by atoms with Crippen molar-refractivity contribution in [1.82, 2.24) is 0 Å². The van der Waals surface area contributed by atoms with Gasteiger partial charge in [0.05, 0.1) is 17.6 Å². The fourth-order valence-corrected chi connectivity index (χ4v) is 8.45. The highest BCUT2D eigenvalue weighted by Gasteiger charge is 2.65. The fourth-order valence-electron chi connectivity index (χ4n) is 6.32. The summed E-state index contributed by atoms with van der Waals surface area (Å²) in [5, 5.41) is 0. The number of fused-ring (bicyclic) bond motifs is 3. The van der Waals surface area contributed by atoms with Crippen molar-refractivity contribution in [3.05, 3.63) is 42.5 Å². The van der Waals surface area contributed by atoms with Gasteiger partial charge in [0.25, 0.3) is 0 Å². The Morgan fingerprint density at radius 3 is 2.42 bits per heavy atom. The number of amides is 1. The second-order valence-corrected chi connectivity index (χ2v) is 14.6. The molecule has 1 saturated carbocycles. The van der Waals surface area contributed by atoms with Crippen molar-refractivity contribution in [1.29, 1.82) is 0 Å². The molecule has 1 amide bonds. The van der Waals surface area contributed by atoms with E-state index in [2.05, 4.69) is 19.1 Å². The lowest BCUT2D eigenvalue weighted by atomic mass is 9.56. The first-order valence-corrected chi connectivity index (χ1v) is 14.6. The van der Waals surface area contributed by atoms with E-state index in [1.165, 1.54) is 0 Å². The lowest BCUT2D eigenvalue weighted by Crippen LogP contribution is -2.53. The Kier molecular flexibility index (Phi) is 5.96. The standard InChI is InChI=1S/C25H37NO4Si/c1-16(2)30-23-20-13-12-19-21(14-18(29-4)15-22(19)31(5,6)28)25(20,3)24(27)26(23)17-10-8-7-9-11-17/h7-13,16,18-23,28H,14-15H2,1-6H3/t18-,19+,20+,21+,22-,23+,25-/m0/s1. The molecule has 5 nitrogen and oxygen atoms in total. The molecule has 1 aromatic rings. The second kappa shape index (κ2) is 8.14. The largest absolute Gasteiger partial charge is 0.432 e. The maximum atomic E-state index is 14.2. The molecule has 4 rings (SSSR count). The van der Waals surface area contributed by atoms with Crippen molar-refractivity contribution >= 4 is 19.9 Å². The third-order valence-electron chi connectivity index (χ3n) is 7.89. The van der Waals surface area contributed by atoms with E-state index in [1.54, 1.807) is 7.11 Å². The van der Waals surface area contributed by atoms with Gasteiger partial charge in [-0.1, -0.05) is 30.4 Å². The Labute approximate surface area is 187 Å². The van der Waals surface area contributed by atoms with Gasteiger partial charge in [0.2, 0.25) is 5.91 Å². The number of anilines is 1. The predicted molar refractivity (Wildman–Crippen MR) is 125 cm³/mol. The topological polar surface area (TPSA) is 59.0 Å². The lowest BCUT2D eigenvalue weighted by Gasteiger charge is -2.52. The van der Waals surface area contributed by atoms with E-state index < -0.39 is 13.7 Å². The molecule has 0 radical (unpaired) electrons. The zero-order chi connectivity index (χ0) is 22.6. The fraction of sp³-hybridized carbons (Fsp3) is 0.640. The maximum Gasteiger partial charge on any atom is 0.236 e. The minimum Gasteiger partial charge on any atom is -0.432 e. The average Bonchev–Trinajstić information content (AvgIpc) is 2.93. The summed E-state index contributed by atoms with van der Waals surface area (Å²) >= 11 is 0. The molecule has 1 aliphatic heterocycles. The smallest absolute Gasteiger partial charge is 0.236 e. The molecule has 31 heavy (non-hydrogen) atoms. The van der Waals surface area contributed by atoms with Crippen LogP contribution in [0.15, 0.2) is 42.5 Å². The number of ether oxygens (including phenoxy) is 2. The second-order valence-electron chi connectivity index (χ2n) is 10.6. The third kappa shape index (κ3) is 3.71. The molecule has 1 saturated heterocycles. The van der Waals surface area contributed by atoms with E-state index in [0.717, 1.165) is 18.5 Å². The van der Waals surface area contributed by atoms with E-state index in [9.17, 15) is 9.59 Å². The number of allylic oxidation sites excluding steroid dienone is 1. The van der Waals surface area contributed by atoms with Crippen molar-refractivity contribution in [2.45, 2.75) is 70.7 Å². The molecule has 7 atom stereocenters. The van der Waals surface area contributed by atoms with Crippen molar-refractivity contribution in [3.8, 4) is 0 Å². The van der Waals surface area contributed by atoms with Gasteiger partial charge in [0.15, 0.2) is 8.32 Å². The van der Waals surface area contributed by atoms with Gasteiger partial charge in [0, 0.05) is 18.7 Å². The minimum atomic E-state index is -2.43. The van der Waals surface area contributed by atoms with Gasteiger partial charge >= 0.3 is 0 Å². The Morgan fingerprint density at radius 1 is 1.16 bits per heavy atom. The van der Waals surface area contributed by atoms with E-state index in [4.69, 9.17) is 9.47 Å². The third-order valence-corrected chi connectivity index (χ3v) is 10.3. The van der Waals surface area contributed by atoms with E-state index in [-0.39, 0.29) is 47.6 Å². The Hall–Kier alpha value is -1.47. The van der Waals surface area contributed by atoms with Crippen LogP contribution in [0.25, 0.3) is 0 Å². The Morgan fingerprint density at radius 2 is 1.84 bits per heavy atom. The van der Waals surface area contributed by atoms with Crippen LogP contribution in [-0.4, -0.2) is 44.6 Å². The Balaban J connectivity index is 1.81. The van der Waals surface area contributed by atoms with Crippen LogP contribution in [-0.2, 0) is 14.3 Å². The SMILES string of the molecule is CO[C@H]1C[C@@H]2[C@@H](C=C[C@@H]3[C@@H](OC(C)C)N(c4ccccc4)C(=O)[C@@]32C)[C@@H]([Si](C)(C)O)C1. The molecule has 3 aliphatic rings. The lowest BCUT2D eigenvalue weighted by molar-refractivity contribution is -0.133. The van der Waals surface area contributed by atoms with Gasteiger partial charge < -0.3 is 14.3 Å². The van der Waals surface area contributed by atoms with Crippen molar-refractivity contribution in [3.63, 3.8) is 0 Å². The van der Waals surface area contributed by atoms with Crippen molar-refractivity contribution in [2.24, 2.45) is 23.2 Å². The molecule has 0 unspecified atom stereocenters. The van der Waals surface area contributed by atoms with Crippen LogP contribution < -0.4 is 4.90 Å². The summed E-state index contributed by atoms with van der Waals surface area (Å²) in [5.74, 6) is 0.397.